The molecule has 1 aromatic rings. The van der Waals surface area contributed by atoms with E-state index in [4.69, 9.17) is 0 Å². The lowest BCUT2D eigenvalue weighted by Gasteiger charge is -2.20. The van der Waals surface area contributed by atoms with Crippen molar-refractivity contribution in [2.75, 3.05) is 0 Å². The number of rotatable bonds is 3. The monoisotopic (exact) mass is 319 g/mol. The molecule has 0 heterocycles. The molecule has 0 radical (unpaired) electrons. The molecule has 0 aliphatic carbocycles. The van der Waals surface area contributed by atoms with Crippen LogP contribution in [-0.2, 0) is 17.5 Å². The molecule has 0 aliphatic rings. The topological polar surface area (TPSA) is 35.4 Å². The first-order chi connectivity index (χ1) is 9.43. The second-order valence-corrected chi connectivity index (χ2v) is 7.97. The molecule has 1 unspecified atom stereocenters. The van der Waals surface area contributed by atoms with Gasteiger partial charge >= 0.3 is 6.18 Å². The maximum Gasteiger partial charge on any atom is 0.416 e. The summed E-state index contributed by atoms with van der Waals surface area (Å²) in [6.07, 6.45) is -4.36. The number of hydrogen-bond donors (Lipinski definition) is 0. The zero-order chi connectivity index (χ0) is 16.4. The van der Waals surface area contributed by atoms with Crippen molar-refractivity contribution in [1.82, 2.24) is 0 Å². The Labute approximate surface area is 126 Å². The van der Waals surface area contributed by atoms with Gasteiger partial charge in [0.05, 0.1) is 5.56 Å². The summed E-state index contributed by atoms with van der Waals surface area (Å²) in [5.41, 5.74) is 0.416. The molecule has 0 amide bonds. The Morgan fingerprint density at radius 2 is 1.57 bits per heavy atom. The molecule has 0 aromatic heterocycles. The van der Waals surface area contributed by atoms with Gasteiger partial charge in [-0.05, 0) is 32.9 Å². The molecule has 21 heavy (non-hydrogen) atoms. The van der Waals surface area contributed by atoms with Gasteiger partial charge in [-0.1, -0.05) is 30.4 Å². The first-order valence-electron chi connectivity index (χ1n) is 6.61. The summed E-state index contributed by atoms with van der Waals surface area (Å²) in [4.78, 5) is 0. The lowest BCUT2D eigenvalue weighted by molar-refractivity contribution is -0.137. The van der Waals surface area contributed by atoms with Gasteiger partial charge in [-0.25, -0.2) is 0 Å². The lowest BCUT2D eigenvalue weighted by Crippen LogP contribution is -2.28. The zero-order valence-electron chi connectivity index (χ0n) is 12.8. The van der Waals surface area contributed by atoms with E-state index in [1.807, 2.05) is 13.8 Å². The Bertz CT molecular complexity index is 501. The highest BCUT2D eigenvalue weighted by atomic mass is 32.2. The third-order valence-electron chi connectivity index (χ3n) is 2.76. The summed E-state index contributed by atoms with van der Waals surface area (Å²) in [5.74, 6) is -0.0342. The molecule has 0 aliphatic heterocycles. The van der Waals surface area contributed by atoms with Crippen LogP contribution in [0.5, 0.6) is 0 Å². The minimum absolute atomic E-state index is 0.0342. The smallest absolute Gasteiger partial charge is 0.416 e. The highest BCUT2D eigenvalue weighted by molar-refractivity contribution is 7.91. The molecular formula is C15H20F3NOS. The van der Waals surface area contributed by atoms with E-state index in [2.05, 4.69) is 4.40 Å². The molecule has 1 rings (SSSR count). The van der Waals surface area contributed by atoms with E-state index in [1.165, 1.54) is 12.1 Å². The average Bonchev–Trinajstić information content (AvgIpc) is 2.33. The minimum Gasteiger partial charge on any atom is -0.591 e. The van der Waals surface area contributed by atoms with E-state index in [0.717, 1.165) is 12.1 Å². The van der Waals surface area contributed by atoms with Gasteiger partial charge in [0.15, 0.2) is 0 Å². The molecule has 0 fully saturated rings. The van der Waals surface area contributed by atoms with Gasteiger partial charge in [0.2, 0.25) is 0 Å². The van der Waals surface area contributed by atoms with Crippen molar-refractivity contribution >= 4 is 17.1 Å². The summed E-state index contributed by atoms with van der Waals surface area (Å²) in [7, 11) is 0. The van der Waals surface area contributed by atoms with Gasteiger partial charge in [-0.3, -0.25) is 0 Å². The fourth-order valence-electron chi connectivity index (χ4n) is 1.55. The van der Waals surface area contributed by atoms with Crippen molar-refractivity contribution < 1.29 is 17.7 Å². The first kappa shape index (κ1) is 18.0. The van der Waals surface area contributed by atoms with Gasteiger partial charge in [0.25, 0.3) is 0 Å². The fourth-order valence-corrected chi connectivity index (χ4v) is 2.32. The van der Waals surface area contributed by atoms with Crippen molar-refractivity contribution in [2.45, 2.75) is 45.5 Å². The van der Waals surface area contributed by atoms with Crippen LogP contribution in [0.15, 0.2) is 28.7 Å². The van der Waals surface area contributed by atoms with Gasteiger partial charge in [-0.15, -0.1) is 0 Å². The van der Waals surface area contributed by atoms with Crippen molar-refractivity contribution in [1.29, 1.82) is 0 Å². The summed E-state index contributed by atoms with van der Waals surface area (Å²) in [6.45, 7) is 9.15. The maximum atomic E-state index is 12.6. The minimum atomic E-state index is -4.36. The van der Waals surface area contributed by atoms with Crippen molar-refractivity contribution in [3.05, 3.63) is 35.4 Å². The van der Waals surface area contributed by atoms with E-state index < -0.39 is 27.8 Å². The molecule has 118 valence electrons. The van der Waals surface area contributed by atoms with Crippen LogP contribution in [0.4, 0.5) is 13.2 Å². The molecule has 0 bridgehead atoms. The number of benzene rings is 1. The Morgan fingerprint density at radius 1 is 1.10 bits per heavy atom. The number of alkyl halides is 3. The lowest BCUT2D eigenvalue weighted by atomic mass is 9.99. The van der Waals surface area contributed by atoms with Crippen LogP contribution >= 0.6 is 0 Å². The van der Waals surface area contributed by atoms with Crippen LogP contribution in [0.2, 0.25) is 0 Å². The van der Waals surface area contributed by atoms with Crippen LogP contribution in [0.25, 0.3) is 0 Å². The Balaban J connectivity index is 3.16. The molecule has 2 nitrogen and oxygen atoms in total. The maximum absolute atomic E-state index is 12.6. The largest absolute Gasteiger partial charge is 0.591 e. The Kier molecular flexibility index (Phi) is 5.50. The number of halogens is 3. The number of nitrogens with zero attached hydrogens (tertiary/aromatic N) is 1. The second kappa shape index (κ2) is 6.40. The van der Waals surface area contributed by atoms with Gasteiger partial charge in [-0.2, -0.15) is 13.2 Å². The normalized spacial score (nSPS) is 15.4. The first-order valence-corrected chi connectivity index (χ1v) is 7.72. The molecule has 0 spiro atoms. The van der Waals surface area contributed by atoms with E-state index in [-0.39, 0.29) is 5.92 Å². The summed E-state index contributed by atoms with van der Waals surface area (Å²) >= 11 is -1.45. The second-order valence-electron chi connectivity index (χ2n) is 6.07. The number of hydrogen-bond acceptors (Lipinski definition) is 2. The molecule has 1 atom stereocenters. The van der Waals surface area contributed by atoms with Crippen LogP contribution in [0, 0.1) is 5.92 Å². The zero-order valence-corrected chi connectivity index (χ0v) is 13.6. The van der Waals surface area contributed by atoms with Crippen molar-refractivity contribution in [3.8, 4) is 0 Å². The average molecular weight is 319 g/mol. The van der Waals surface area contributed by atoms with E-state index in [9.17, 15) is 17.7 Å². The molecule has 0 saturated heterocycles. The third-order valence-corrected chi connectivity index (χ3v) is 4.17. The summed E-state index contributed by atoms with van der Waals surface area (Å²) < 4.78 is 53.5. The van der Waals surface area contributed by atoms with Gasteiger partial charge in [0, 0.05) is 11.5 Å². The standard InChI is InChI=1S/C15H20F3NOS/c1-10(2)13(19-21(20)14(3,4)5)11-6-8-12(9-7-11)15(16,17)18/h6-10H,1-5H3/b19-13-. The van der Waals surface area contributed by atoms with Gasteiger partial charge in [0.1, 0.15) is 21.8 Å². The predicted octanol–water partition coefficient (Wildman–Crippen LogP) is 4.61. The molecule has 1 aromatic carbocycles. The van der Waals surface area contributed by atoms with Crippen LogP contribution in [0.1, 0.15) is 45.7 Å². The van der Waals surface area contributed by atoms with Crippen LogP contribution < -0.4 is 0 Å². The van der Waals surface area contributed by atoms with Crippen LogP contribution in [0.3, 0.4) is 0 Å². The predicted molar refractivity (Wildman–Crippen MR) is 80.7 cm³/mol. The fraction of sp³-hybridized carbons (Fsp3) is 0.533. The Morgan fingerprint density at radius 3 is 1.90 bits per heavy atom. The Hall–Kier alpha value is -1.01. The molecule has 0 saturated carbocycles. The van der Waals surface area contributed by atoms with Crippen LogP contribution in [-0.4, -0.2) is 15.0 Å². The van der Waals surface area contributed by atoms with Gasteiger partial charge < -0.3 is 4.55 Å². The highest BCUT2D eigenvalue weighted by Crippen LogP contribution is 2.29. The van der Waals surface area contributed by atoms with E-state index >= 15 is 0 Å². The SMILES string of the molecule is CC(C)/C(=N/[S+]([O-])C(C)(C)C)c1ccc(C(F)(F)F)cc1. The molecular weight excluding hydrogens is 299 g/mol. The quantitative estimate of drug-likeness (QED) is 0.592. The summed E-state index contributed by atoms with van der Waals surface area (Å²) in [6, 6.07) is 4.80. The van der Waals surface area contributed by atoms with E-state index in [0.29, 0.717) is 11.3 Å². The summed E-state index contributed by atoms with van der Waals surface area (Å²) in [5, 5.41) is 0. The van der Waals surface area contributed by atoms with Crippen molar-refractivity contribution in [3.63, 3.8) is 0 Å². The highest BCUT2D eigenvalue weighted by Gasteiger charge is 2.31. The van der Waals surface area contributed by atoms with E-state index in [1.54, 1.807) is 20.8 Å². The molecule has 6 heteroatoms. The molecule has 0 N–H and O–H groups in total. The third kappa shape index (κ3) is 5.04. The van der Waals surface area contributed by atoms with Crippen molar-refractivity contribution in [2.24, 2.45) is 10.3 Å².